The molecule has 1 aromatic heterocycles. The van der Waals surface area contributed by atoms with E-state index in [0.717, 1.165) is 18.5 Å². The molecule has 4 heteroatoms. The molecule has 2 rings (SSSR count). The molecule has 0 spiro atoms. The van der Waals surface area contributed by atoms with Gasteiger partial charge in [0.1, 0.15) is 0 Å². The van der Waals surface area contributed by atoms with Crippen molar-refractivity contribution in [2.75, 3.05) is 0 Å². The minimum Gasteiger partial charge on any atom is -0.481 e. The maximum atomic E-state index is 12.7. The summed E-state index contributed by atoms with van der Waals surface area (Å²) in [6, 6.07) is 4.11. The molecule has 0 aliphatic heterocycles. The second-order valence-corrected chi connectivity index (χ2v) is 5.95. The van der Waals surface area contributed by atoms with E-state index in [4.69, 9.17) is 5.11 Å². The lowest BCUT2D eigenvalue weighted by atomic mass is 10.0. The van der Waals surface area contributed by atoms with E-state index in [1.807, 2.05) is 16.7 Å². The normalized spacial score (nSPS) is 15.9. The summed E-state index contributed by atoms with van der Waals surface area (Å²) < 4.78 is 1.94. The van der Waals surface area contributed by atoms with Gasteiger partial charge in [0, 0.05) is 23.7 Å². The highest BCUT2D eigenvalue weighted by molar-refractivity contribution is 5.67. The highest BCUT2D eigenvalue weighted by Crippen LogP contribution is 2.31. The molecular weight excluding hydrogens is 254 g/mol. The fraction of sp³-hybridized carbons (Fsp3) is 0.625. The number of hydrogen-bond donors (Lipinski definition) is 1. The van der Waals surface area contributed by atoms with E-state index in [2.05, 4.69) is 13.8 Å². The zero-order valence-electron chi connectivity index (χ0n) is 12.3. The quantitative estimate of drug-likeness (QED) is 0.899. The summed E-state index contributed by atoms with van der Waals surface area (Å²) in [6.45, 7) is 4.19. The Morgan fingerprint density at radius 2 is 2.00 bits per heavy atom. The molecular formula is C16H23NO3. The van der Waals surface area contributed by atoms with Gasteiger partial charge in [-0.25, -0.2) is 0 Å². The minimum absolute atomic E-state index is 0.0148. The highest BCUT2D eigenvalue weighted by Gasteiger charge is 2.22. The lowest BCUT2D eigenvalue weighted by Gasteiger charge is -2.22. The van der Waals surface area contributed by atoms with Crippen molar-refractivity contribution in [3.63, 3.8) is 0 Å². The van der Waals surface area contributed by atoms with E-state index in [-0.39, 0.29) is 12.0 Å². The van der Waals surface area contributed by atoms with E-state index in [1.165, 1.54) is 12.8 Å². The second-order valence-electron chi connectivity index (χ2n) is 5.95. The molecule has 1 aromatic rings. The summed E-state index contributed by atoms with van der Waals surface area (Å²) in [6.07, 6.45) is 4.80. The molecule has 1 N–H and O–H groups in total. The molecule has 4 nitrogen and oxygen atoms in total. The number of carboxylic acid groups (broad SMARTS) is 1. The third kappa shape index (κ3) is 3.11. The van der Waals surface area contributed by atoms with Gasteiger partial charge in [0.15, 0.2) is 0 Å². The lowest BCUT2D eigenvalue weighted by molar-refractivity contribution is -0.136. The summed E-state index contributed by atoms with van der Waals surface area (Å²) in [5.74, 6) is -0.554. The third-order valence-corrected chi connectivity index (χ3v) is 4.12. The zero-order chi connectivity index (χ0) is 14.7. The largest absolute Gasteiger partial charge is 0.481 e. The first kappa shape index (κ1) is 14.8. The number of rotatable bonds is 5. The number of aliphatic carboxylic acids is 1. The van der Waals surface area contributed by atoms with E-state index < -0.39 is 5.97 Å². The molecule has 20 heavy (non-hydrogen) atoms. The van der Waals surface area contributed by atoms with Crippen LogP contribution in [0.4, 0.5) is 0 Å². The molecule has 1 aliphatic rings. The Balaban J connectivity index is 2.40. The predicted octanol–water partition coefficient (Wildman–Crippen LogP) is 3.10. The number of nitrogens with zero attached hydrogens (tertiary/aromatic N) is 1. The Morgan fingerprint density at radius 3 is 2.55 bits per heavy atom. The first-order valence-electron chi connectivity index (χ1n) is 7.46. The van der Waals surface area contributed by atoms with Crippen LogP contribution < -0.4 is 5.56 Å². The van der Waals surface area contributed by atoms with E-state index >= 15 is 0 Å². The number of aryl methyl sites for hydroxylation is 1. The molecule has 0 unspecified atom stereocenters. The van der Waals surface area contributed by atoms with Crippen LogP contribution in [-0.2, 0) is 11.2 Å². The SMILES string of the molecule is CC(C)c1ccc(CCC(=O)O)c(=O)n1C1CCCC1. The van der Waals surface area contributed by atoms with E-state index in [0.29, 0.717) is 23.9 Å². The van der Waals surface area contributed by atoms with Crippen LogP contribution in [0, 0.1) is 0 Å². The van der Waals surface area contributed by atoms with Gasteiger partial charge in [-0.1, -0.05) is 32.8 Å². The van der Waals surface area contributed by atoms with E-state index in [9.17, 15) is 9.59 Å². The minimum atomic E-state index is -0.857. The molecule has 1 heterocycles. The van der Waals surface area contributed by atoms with Crippen LogP contribution in [-0.4, -0.2) is 15.6 Å². The average molecular weight is 277 g/mol. The lowest BCUT2D eigenvalue weighted by Crippen LogP contribution is -2.30. The van der Waals surface area contributed by atoms with Gasteiger partial charge in [0.05, 0.1) is 0 Å². The van der Waals surface area contributed by atoms with Crippen LogP contribution in [0.3, 0.4) is 0 Å². The van der Waals surface area contributed by atoms with Gasteiger partial charge in [0.25, 0.3) is 5.56 Å². The van der Waals surface area contributed by atoms with Crippen LogP contribution >= 0.6 is 0 Å². The summed E-state index contributed by atoms with van der Waals surface area (Å²) in [5, 5.41) is 8.78. The summed E-state index contributed by atoms with van der Waals surface area (Å²) in [4.78, 5) is 23.4. The fourth-order valence-electron chi connectivity index (χ4n) is 3.05. The zero-order valence-corrected chi connectivity index (χ0v) is 12.3. The van der Waals surface area contributed by atoms with Crippen molar-refractivity contribution in [2.24, 2.45) is 0 Å². The second kappa shape index (κ2) is 6.25. The van der Waals surface area contributed by atoms with Gasteiger partial charge < -0.3 is 9.67 Å². The van der Waals surface area contributed by atoms with Gasteiger partial charge in [-0.3, -0.25) is 9.59 Å². The average Bonchev–Trinajstić information content (AvgIpc) is 2.90. The maximum Gasteiger partial charge on any atom is 0.303 e. The maximum absolute atomic E-state index is 12.7. The Hall–Kier alpha value is -1.58. The number of carboxylic acids is 1. The molecule has 0 radical (unpaired) electrons. The van der Waals surface area contributed by atoms with Gasteiger partial charge in [-0.15, -0.1) is 0 Å². The Labute approximate surface area is 119 Å². The molecule has 1 saturated carbocycles. The number of pyridine rings is 1. The predicted molar refractivity (Wildman–Crippen MR) is 78.3 cm³/mol. The van der Waals surface area contributed by atoms with Gasteiger partial charge in [-0.2, -0.15) is 0 Å². The van der Waals surface area contributed by atoms with Crippen molar-refractivity contribution in [3.05, 3.63) is 33.7 Å². The Bertz CT molecular complexity index is 539. The first-order chi connectivity index (χ1) is 9.50. The molecule has 110 valence electrons. The molecule has 1 fully saturated rings. The smallest absolute Gasteiger partial charge is 0.303 e. The molecule has 0 aromatic carbocycles. The number of hydrogen-bond acceptors (Lipinski definition) is 2. The van der Waals surface area contributed by atoms with Crippen molar-refractivity contribution >= 4 is 5.97 Å². The molecule has 1 aliphatic carbocycles. The molecule has 0 amide bonds. The van der Waals surface area contributed by atoms with Crippen LogP contribution in [0.15, 0.2) is 16.9 Å². The highest BCUT2D eigenvalue weighted by atomic mass is 16.4. The summed E-state index contributed by atoms with van der Waals surface area (Å²) in [5.41, 5.74) is 1.72. The molecule has 0 saturated heterocycles. The van der Waals surface area contributed by atoms with Crippen LogP contribution in [0.5, 0.6) is 0 Å². The van der Waals surface area contributed by atoms with E-state index in [1.54, 1.807) is 0 Å². The fourth-order valence-corrected chi connectivity index (χ4v) is 3.05. The van der Waals surface area contributed by atoms with Gasteiger partial charge in [-0.05, 0) is 31.2 Å². The standard InChI is InChI=1S/C16H23NO3/c1-11(2)14-9-7-12(8-10-15(18)19)16(20)17(14)13-5-3-4-6-13/h7,9,11,13H,3-6,8,10H2,1-2H3,(H,18,19). The van der Waals surface area contributed by atoms with Crippen molar-refractivity contribution in [1.82, 2.24) is 4.57 Å². The van der Waals surface area contributed by atoms with Gasteiger partial charge in [0.2, 0.25) is 0 Å². The van der Waals surface area contributed by atoms with Crippen molar-refractivity contribution in [2.45, 2.75) is 64.3 Å². The summed E-state index contributed by atoms with van der Waals surface area (Å²) in [7, 11) is 0. The van der Waals surface area contributed by atoms with Crippen LogP contribution in [0.25, 0.3) is 0 Å². The molecule has 0 bridgehead atoms. The third-order valence-electron chi connectivity index (χ3n) is 4.12. The Kier molecular flexibility index (Phi) is 4.63. The first-order valence-corrected chi connectivity index (χ1v) is 7.46. The Morgan fingerprint density at radius 1 is 1.35 bits per heavy atom. The van der Waals surface area contributed by atoms with Gasteiger partial charge >= 0.3 is 5.97 Å². The topological polar surface area (TPSA) is 59.3 Å². The molecule has 0 atom stereocenters. The monoisotopic (exact) mass is 277 g/mol. The van der Waals surface area contributed by atoms with Crippen molar-refractivity contribution in [1.29, 1.82) is 0 Å². The summed E-state index contributed by atoms with van der Waals surface area (Å²) >= 11 is 0. The number of carbonyl (C=O) groups is 1. The van der Waals surface area contributed by atoms with Crippen LogP contribution in [0.1, 0.15) is 69.2 Å². The van der Waals surface area contributed by atoms with Crippen LogP contribution in [0.2, 0.25) is 0 Å². The van der Waals surface area contributed by atoms with Crippen molar-refractivity contribution < 1.29 is 9.90 Å². The number of aromatic nitrogens is 1. The van der Waals surface area contributed by atoms with Crippen molar-refractivity contribution in [3.8, 4) is 0 Å².